The Balaban J connectivity index is 2.02. The number of rotatable bonds is 3. The van der Waals surface area contributed by atoms with E-state index in [1.165, 1.54) is 0 Å². The van der Waals surface area contributed by atoms with Crippen LogP contribution in [0.3, 0.4) is 0 Å². The van der Waals surface area contributed by atoms with Gasteiger partial charge in [0.05, 0.1) is 5.92 Å². The van der Waals surface area contributed by atoms with Crippen molar-refractivity contribution in [3.8, 4) is 0 Å². The van der Waals surface area contributed by atoms with Crippen LogP contribution in [0.15, 0.2) is 24.3 Å². The summed E-state index contributed by atoms with van der Waals surface area (Å²) in [6, 6.07) is 6.89. The minimum Gasteiger partial charge on any atom is -0.359 e. The Morgan fingerprint density at radius 3 is 2.32 bits per heavy atom. The third kappa shape index (κ3) is 4.81. The number of amides is 3. The minimum absolute atomic E-state index is 0.0160. The summed E-state index contributed by atoms with van der Waals surface area (Å²) < 4.78 is 0. The molecule has 1 aromatic carbocycles. The van der Waals surface area contributed by atoms with Gasteiger partial charge in [-0.2, -0.15) is 0 Å². The Kier molecular flexibility index (Phi) is 5.82. The van der Waals surface area contributed by atoms with Crippen molar-refractivity contribution in [2.24, 2.45) is 11.3 Å². The van der Waals surface area contributed by atoms with Gasteiger partial charge in [0.25, 0.3) is 5.91 Å². The topological polar surface area (TPSA) is 78.5 Å². The number of carbonyl (C=O) groups is 3. The lowest BCUT2D eigenvalue weighted by Crippen LogP contribution is -2.44. The first-order valence-corrected chi connectivity index (χ1v) is 8.64. The first-order valence-electron chi connectivity index (χ1n) is 8.64. The number of likely N-dealkylation sites (tertiary alicyclic amines) is 1. The van der Waals surface area contributed by atoms with Crippen LogP contribution < -0.4 is 10.6 Å². The summed E-state index contributed by atoms with van der Waals surface area (Å²) in [5.74, 6) is -0.316. The number of anilines is 1. The van der Waals surface area contributed by atoms with Crippen molar-refractivity contribution in [2.45, 2.75) is 33.6 Å². The van der Waals surface area contributed by atoms with Gasteiger partial charge in [-0.25, -0.2) is 0 Å². The number of nitrogens with one attached hydrogen (secondary N) is 2. The minimum atomic E-state index is -0.475. The summed E-state index contributed by atoms with van der Waals surface area (Å²) in [6.45, 7) is 6.65. The van der Waals surface area contributed by atoms with E-state index in [1.807, 2.05) is 20.8 Å². The van der Waals surface area contributed by atoms with E-state index in [2.05, 4.69) is 10.6 Å². The van der Waals surface area contributed by atoms with E-state index >= 15 is 0 Å². The van der Waals surface area contributed by atoms with Crippen LogP contribution in [0, 0.1) is 11.3 Å². The number of nitrogens with zero attached hydrogens (tertiary/aromatic N) is 1. The monoisotopic (exact) mass is 345 g/mol. The quantitative estimate of drug-likeness (QED) is 0.882. The molecule has 2 rings (SSSR count). The zero-order valence-corrected chi connectivity index (χ0v) is 15.4. The summed E-state index contributed by atoms with van der Waals surface area (Å²) in [5, 5.41) is 5.49. The van der Waals surface area contributed by atoms with Crippen molar-refractivity contribution in [1.82, 2.24) is 10.2 Å². The third-order valence-electron chi connectivity index (χ3n) is 4.40. The third-order valence-corrected chi connectivity index (χ3v) is 4.40. The lowest BCUT2D eigenvalue weighted by molar-refractivity contribution is -0.126. The van der Waals surface area contributed by atoms with Crippen LogP contribution in [0.1, 0.15) is 44.0 Å². The molecule has 0 bridgehead atoms. The standard InChI is InChI=1S/C19H27N3O3/c1-19(2,3)18(25)21-15-9-7-13(8-10-15)17(24)22-11-5-6-14(12-22)16(23)20-4/h7-10,14H,5-6,11-12H2,1-4H3,(H,20,23)(H,21,25). The fourth-order valence-electron chi connectivity index (χ4n) is 2.78. The Labute approximate surface area is 149 Å². The largest absolute Gasteiger partial charge is 0.359 e. The van der Waals surface area contributed by atoms with Gasteiger partial charge >= 0.3 is 0 Å². The Morgan fingerprint density at radius 2 is 1.76 bits per heavy atom. The predicted molar refractivity (Wildman–Crippen MR) is 97.2 cm³/mol. The van der Waals surface area contributed by atoms with Gasteiger partial charge < -0.3 is 15.5 Å². The molecule has 1 aliphatic rings. The number of hydrogen-bond acceptors (Lipinski definition) is 3. The summed E-state index contributed by atoms with van der Waals surface area (Å²) in [4.78, 5) is 38.2. The molecule has 6 nitrogen and oxygen atoms in total. The number of carbonyl (C=O) groups excluding carboxylic acids is 3. The van der Waals surface area contributed by atoms with E-state index in [4.69, 9.17) is 0 Å². The molecule has 1 aliphatic heterocycles. The predicted octanol–water partition coefficient (Wildman–Crippen LogP) is 2.27. The molecule has 2 N–H and O–H groups in total. The molecule has 1 aromatic rings. The number of piperidine rings is 1. The van der Waals surface area contributed by atoms with Crippen molar-refractivity contribution in [2.75, 3.05) is 25.5 Å². The summed E-state index contributed by atoms with van der Waals surface area (Å²) in [6.07, 6.45) is 1.63. The van der Waals surface area contributed by atoms with Gasteiger partial charge in [0.2, 0.25) is 11.8 Å². The molecule has 1 atom stereocenters. The smallest absolute Gasteiger partial charge is 0.253 e. The first kappa shape index (κ1) is 19.0. The van der Waals surface area contributed by atoms with Crippen LogP contribution in [0.25, 0.3) is 0 Å². The van der Waals surface area contributed by atoms with Gasteiger partial charge in [-0.15, -0.1) is 0 Å². The van der Waals surface area contributed by atoms with Crippen molar-refractivity contribution >= 4 is 23.4 Å². The summed E-state index contributed by atoms with van der Waals surface area (Å²) in [7, 11) is 1.62. The zero-order valence-electron chi connectivity index (χ0n) is 15.4. The second-order valence-electron chi connectivity index (χ2n) is 7.49. The molecule has 0 spiro atoms. The maximum absolute atomic E-state index is 12.7. The second-order valence-corrected chi connectivity index (χ2v) is 7.49. The molecule has 25 heavy (non-hydrogen) atoms. The summed E-state index contributed by atoms with van der Waals surface area (Å²) in [5.41, 5.74) is 0.752. The highest BCUT2D eigenvalue weighted by Gasteiger charge is 2.28. The second kappa shape index (κ2) is 7.68. The lowest BCUT2D eigenvalue weighted by Gasteiger charge is -2.32. The SMILES string of the molecule is CNC(=O)C1CCCN(C(=O)c2ccc(NC(=O)C(C)(C)C)cc2)C1. The van der Waals surface area contributed by atoms with Crippen LogP contribution in [0.2, 0.25) is 0 Å². The van der Waals surface area contributed by atoms with E-state index in [-0.39, 0.29) is 23.6 Å². The molecule has 3 amide bonds. The summed E-state index contributed by atoms with van der Waals surface area (Å²) >= 11 is 0. The van der Waals surface area contributed by atoms with Crippen molar-refractivity contribution in [3.05, 3.63) is 29.8 Å². The molecule has 1 saturated heterocycles. The highest BCUT2D eigenvalue weighted by atomic mass is 16.2. The van der Waals surface area contributed by atoms with Gasteiger partial charge in [-0.1, -0.05) is 20.8 Å². The van der Waals surface area contributed by atoms with Gasteiger partial charge in [0, 0.05) is 36.8 Å². The highest BCUT2D eigenvalue weighted by Crippen LogP contribution is 2.21. The molecule has 0 aromatic heterocycles. The molecule has 6 heteroatoms. The average Bonchev–Trinajstić information content (AvgIpc) is 2.60. The van der Waals surface area contributed by atoms with E-state index in [1.54, 1.807) is 36.2 Å². The molecule has 0 saturated carbocycles. The van der Waals surface area contributed by atoms with Crippen LogP contribution in [0.5, 0.6) is 0 Å². The first-order chi connectivity index (χ1) is 11.7. The molecule has 1 fully saturated rings. The van der Waals surface area contributed by atoms with E-state index in [0.29, 0.717) is 24.3 Å². The highest BCUT2D eigenvalue weighted by molar-refractivity contribution is 5.97. The van der Waals surface area contributed by atoms with Gasteiger partial charge in [0.1, 0.15) is 0 Å². The molecule has 1 heterocycles. The van der Waals surface area contributed by atoms with Crippen LogP contribution in [0.4, 0.5) is 5.69 Å². The lowest BCUT2D eigenvalue weighted by atomic mass is 9.95. The fourth-order valence-corrected chi connectivity index (χ4v) is 2.78. The van der Waals surface area contributed by atoms with Gasteiger partial charge in [-0.3, -0.25) is 14.4 Å². The van der Waals surface area contributed by atoms with Gasteiger partial charge in [0.15, 0.2) is 0 Å². The van der Waals surface area contributed by atoms with Gasteiger partial charge in [-0.05, 0) is 37.1 Å². The van der Waals surface area contributed by atoms with E-state index in [0.717, 1.165) is 12.8 Å². The van der Waals surface area contributed by atoms with E-state index < -0.39 is 5.41 Å². The Hall–Kier alpha value is -2.37. The molecule has 0 radical (unpaired) electrons. The average molecular weight is 345 g/mol. The maximum atomic E-state index is 12.7. The number of hydrogen-bond donors (Lipinski definition) is 2. The van der Waals surface area contributed by atoms with Crippen molar-refractivity contribution in [3.63, 3.8) is 0 Å². The zero-order chi connectivity index (χ0) is 18.6. The molecule has 0 aliphatic carbocycles. The maximum Gasteiger partial charge on any atom is 0.253 e. The van der Waals surface area contributed by atoms with E-state index in [9.17, 15) is 14.4 Å². The van der Waals surface area contributed by atoms with Crippen molar-refractivity contribution < 1.29 is 14.4 Å². The molecular weight excluding hydrogens is 318 g/mol. The van der Waals surface area contributed by atoms with Crippen LogP contribution >= 0.6 is 0 Å². The fraction of sp³-hybridized carbons (Fsp3) is 0.526. The van der Waals surface area contributed by atoms with Crippen molar-refractivity contribution in [1.29, 1.82) is 0 Å². The normalized spacial score (nSPS) is 17.8. The molecular formula is C19H27N3O3. The number of benzene rings is 1. The Bertz CT molecular complexity index is 647. The Morgan fingerprint density at radius 1 is 1.12 bits per heavy atom. The van der Waals surface area contributed by atoms with Crippen LogP contribution in [-0.4, -0.2) is 42.8 Å². The molecule has 136 valence electrons. The molecule has 1 unspecified atom stereocenters. The van der Waals surface area contributed by atoms with Crippen LogP contribution in [-0.2, 0) is 9.59 Å².